The van der Waals surface area contributed by atoms with E-state index < -0.39 is 22.4 Å². The molecule has 3 aromatic rings. The van der Waals surface area contributed by atoms with Gasteiger partial charge >= 0.3 is 12.1 Å². The maximum atomic E-state index is 13.5. The summed E-state index contributed by atoms with van der Waals surface area (Å²) < 4.78 is 44.7. The maximum Gasteiger partial charge on any atom is 0.497 e. The number of hydrogen-bond donors (Lipinski definition) is 0. The van der Waals surface area contributed by atoms with E-state index in [1.54, 1.807) is 30.3 Å². The summed E-state index contributed by atoms with van der Waals surface area (Å²) in [5, 5.41) is 11.0. The Bertz CT molecular complexity index is 1350. The number of likely N-dealkylation sites (tertiary alicyclic amines) is 1. The highest BCUT2D eigenvalue weighted by atomic mass is 19.4. The number of halogens is 3. The minimum Gasteiger partial charge on any atom is -0.497 e. The number of ether oxygens (including phenoxy) is 1. The molecule has 0 amide bonds. The van der Waals surface area contributed by atoms with Gasteiger partial charge < -0.3 is 4.74 Å². The molecule has 0 bridgehead atoms. The van der Waals surface area contributed by atoms with Crippen molar-refractivity contribution in [2.24, 2.45) is 0 Å². The van der Waals surface area contributed by atoms with Gasteiger partial charge in [-0.25, -0.2) is 4.79 Å². The van der Waals surface area contributed by atoms with E-state index in [1.165, 1.54) is 11.7 Å². The summed E-state index contributed by atoms with van der Waals surface area (Å²) in [6.07, 6.45) is -3.96. The van der Waals surface area contributed by atoms with Crippen LogP contribution in [0.15, 0.2) is 53.3 Å². The van der Waals surface area contributed by atoms with E-state index in [2.05, 4.69) is 6.07 Å². The standard InChI is InChI=1S/C25H23F3N3O4/c1-34-18-9-10-19-20(15-18)22(17-7-3-2-4-8-17)21(16-29)30(23(19)32)11-14-31(12-5-6-13-31)35-24(33)25(26,27)28/h2-4,7-10,15H,5-6,11-14H2,1H3/q+1. The first-order chi connectivity index (χ1) is 16.7. The monoisotopic (exact) mass is 486 g/mol. The average Bonchev–Trinajstić information content (AvgIpc) is 3.31. The Labute approximate surface area is 199 Å². The van der Waals surface area contributed by atoms with Crippen LogP contribution in [0, 0.1) is 11.3 Å². The molecular weight excluding hydrogens is 463 g/mol. The van der Waals surface area contributed by atoms with Gasteiger partial charge in [0.2, 0.25) is 0 Å². The lowest BCUT2D eigenvalue weighted by Crippen LogP contribution is -2.51. The topological polar surface area (TPSA) is 81.3 Å². The fraction of sp³-hybridized carbons (Fsp3) is 0.320. The molecule has 0 aliphatic carbocycles. The summed E-state index contributed by atoms with van der Waals surface area (Å²) in [4.78, 5) is 30.0. The highest BCUT2D eigenvalue weighted by molar-refractivity contribution is 5.99. The van der Waals surface area contributed by atoms with Crippen LogP contribution >= 0.6 is 0 Å². The number of methoxy groups -OCH3 is 1. The van der Waals surface area contributed by atoms with Crippen molar-refractivity contribution >= 4 is 16.7 Å². The number of alkyl halides is 3. The molecule has 10 heteroatoms. The number of benzene rings is 2. The van der Waals surface area contributed by atoms with Crippen LogP contribution in [-0.2, 0) is 16.2 Å². The summed E-state index contributed by atoms with van der Waals surface area (Å²) >= 11 is 0. The molecule has 0 saturated carbocycles. The molecule has 0 radical (unpaired) electrons. The minimum atomic E-state index is -5.12. The van der Waals surface area contributed by atoms with Crippen LogP contribution < -0.4 is 10.3 Å². The second-order valence-corrected chi connectivity index (χ2v) is 8.38. The van der Waals surface area contributed by atoms with E-state index in [4.69, 9.17) is 9.57 Å². The molecule has 35 heavy (non-hydrogen) atoms. The quantitative estimate of drug-likeness (QED) is 0.489. The van der Waals surface area contributed by atoms with E-state index in [0.717, 1.165) is 0 Å². The second kappa shape index (κ2) is 9.43. The SMILES string of the molecule is COc1ccc2c(=O)n(CC[N+]3(OC(=O)C(F)(F)F)CCCC3)c(C#N)c(-c3ccccc3)c2c1. The van der Waals surface area contributed by atoms with Gasteiger partial charge in [-0.2, -0.15) is 18.4 Å². The fourth-order valence-electron chi connectivity index (χ4n) is 4.56. The van der Waals surface area contributed by atoms with Crippen molar-refractivity contribution in [3.8, 4) is 22.9 Å². The van der Waals surface area contributed by atoms with Crippen molar-refractivity contribution in [1.82, 2.24) is 4.57 Å². The molecule has 1 aliphatic rings. The number of hydrogen-bond acceptors (Lipinski definition) is 5. The lowest BCUT2D eigenvalue weighted by atomic mass is 9.97. The molecule has 1 fully saturated rings. The molecular formula is C25H23F3N3O4+. The third kappa shape index (κ3) is 4.72. The zero-order valence-electron chi connectivity index (χ0n) is 19.0. The van der Waals surface area contributed by atoms with Crippen molar-refractivity contribution in [2.75, 3.05) is 26.7 Å². The molecule has 2 aromatic carbocycles. The molecule has 182 valence electrons. The summed E-state index contributed by atoms with van der Waals surface area (Å²) in [6, 6.07) is 16.1. The van der Waals surface area contributed by atoms with E-state index in [-0.39, 0.29) is 31.9 Å². The number of fused-ring (bicyclic) bond motifs is 1. The lowest BCUT2D eigenvalue weighted by molar-refractivity contribution is -1.08. The van der Waals surface area contributed by atoms with Gasteiger partial charge in [-0.3, -0.25) is 14.2 Å². The van der Waals surface area contributed by atoms with Crippen molar-refractivity contribution in [3.05, 3.63) is 64.6 Å². The Morgan fingerprint density at radius 2 is 1.80 bits per heavy atom. The number of rotatable bonds is 6. The summed E-state index contributed by atoms with van der Waals surface area (Å²) in [7, 11) is 1.50. The number of carbonyl (C=O) groups is 1. The molecule has 1 saturated heterocycles. The van der Waals surface area contributed by atoms with E-state index in [9.17, 15) is 28.0 Å². The largest absolute Gasteiger partial charge is 0.497 e. The van der Waals surface area contributed by atoms with Crippen molar-refractivity contribution in [3.63, 3.8) is 0 Å². The molecule has 2 heterocycles. The normalized spacial score (nSPS) is 15.1. The summed E-state index contributed by atoms with van der Waals surface area (Å²) in [5.74, 6) is -1.75. The Balaban J connectivity index is 1.84. The predicted octanol–water partition coefficient (Wildman–Crippen LogP) is 4.18. The molecule has 0 spiro atoms. The highest BCUT2D eigenvalue weighted by Gasteiger charge is 2.49. The zero-order chi connectivity index (χ0) is 25.2. The molecule has 0 N–H and O–H groups in total. The number of nitrogens with zero attached hydrogens (tertiary/aromatic N) is 3. The average molecular weight is 486 g/mol. The third-order valence-corrected chi connectivity index (χ3v) is 6.27. The van der Waals surface area contributed by atoms with Crippen LogP contribution in [-0.4, -0.2) is 48.1 Å². The van der Waals surface area contributed by atoms with Gasteiger partial charge in [0.1, 0.15) is 37.1 Å². The first-order valence-electron chi connectivity index (χ1n) is 11.1. The Hall–Kier alpha value is -3.84. The van der Waals surface area contributed by atoms with Gasteiger partial charge in [0.15, 0.2) is 0 Å². The maximum absolute atomic E-state index is 13.5. The number of quaternary nitrogens is 1. The number of hydroxylamine groups is 3. The van der Waals surface area contributed by atoms with Crippen molar-refractivity contribution in [1.29, 1.82) is 5.26 Å². The van der Waals surface area contributed by atoms with E-state index in [1.807, 2.05) is 18.2 Å². The lowest BCUT2D eigenvalue weighted by Gasteiger charge is -2.30. The molecule has 1 aromatic heterocycles. The van der Waals surface area contributed by atoms with Gasteiger partial charge in [0.25, 0.3) is 5.56 Å². The van der Waals surface area contributed by atoms with Crippen LogP contribution in [0.5, 0.6) is 5.75 Å². The third-order valence-electron chi connectivity index (χ3n) is 6.27. The summed E-state index contributed by atoms with van der Waals surface area (Å²) in [6.45, 7) is 0.227. The van der Waals surface area contributed by atoms with Crippen LogP contribution in [0.25, 0.3) is 21.9 Å². The molecule has 0 atom stereocenters. The summed E-state index contributed by atoms with van der Waals surface area (Å²) in [5.41, 5.74) is 0.825. The number of carbonyl (C=O) groups excluding carboxylic acids is 1. The molecule has 4 rings (SSSR count). The Morgan fingerprint density at radius 1 is 1.11 bits per heavy atom. The van der Waals surface area contributed by atoms with Gasteiger partial charge in [-0.1, -0.05) is 30.3 Å². The molecule has 7 nitrogen and oxygen atoms in total. The van der Waals surface area contributed by atoms with Gasteiger partial charge in [0.05, 0.1) is 13.7 Å². The number of aromatic nitrogens is 1. The minimum absolute atomic E-state index is 0.0708. The number of pyridine rings is 1. The van der Waals surface area contributed by atoms with E-state index >= 15 is 0 Å². The van der Waals surface area contributed by atoms with Gasteiger partial charge in [-0.15, -0.1) is 4.65 Å². The fourth-order valence-corrected chi connectivity index (χ4v) is 4.56. The van der Waals surface area contributed by atoms with Crippen LogP contribution in [0.4, 0.5) is 13.2 Å². The predicted molar refractivity (Wildman–Crippen MR) is 121 cm³/mol. The van der Waals surface area contributed by atoms with Gasteiger partial charge in [0, 0.05) is 29.2 Å². The van der Waals surface area contributed by atoms with Gasteiger partial charge in [-0.05, 0) is 23.8 Å². The first kappa shape index (κ1) is 24.3. The zero-order valence-corrected chi connectivity index (χ0v) is 19.0. The highest BCUT2D eigenvalue weighted by Crippen LogP contribution is 2.33. The van der Waals surface area contributed by atoms with Crippen molar-refractivity contribution < 1.29 is 32.2 Å². The Morgan fingerprint density at radius 3 is 2.40 bits per heavy atom. The first-order valence-corrected chi connectivity index (χ1v) is 11.1. The second-order valence-electron chi connectivity index (χ2n) is 8.38. The van der Waals surface area contributed by atoms with E-state index in [0.29, 0.717) is 40.5 Å². The smallest absolute Gasteiger partial charge is 0.497 e. The number of nitriles is 1. The van der Waals surface area contributed by atoms with Crippen LogP contribution in [0.3, 0.4) is 0 Å². The van der Waals surface area contributed by atoms with Crippen molar-refractivity contribution in [2.45, 2.75) is 25.6 Å². The van der Waals surface area contributed by atoms with Crippen LogP contribution in [0.2, 0.25) is 0 Å². The Kier molecular flexibility index (Phi) is 6.54. The van der Waals surface area contributed by atoms with Crippen LogP contribution in [0.1, 0.15) is 18.5 Å². The molecule has 1 aliphatic heterocycles. The molecule has 0 unspecified atom stereocenters.